The summed E-state index contributed by atoms with van der Waals surface area (Å²) >= 11 is 0. The fourth-order valence-corrected chi connectivity index (χ4v) is 6.76. The molecule has 2 saturated heterocycles. The van der Waals surface area contributed by atoms with Crippen LogP contribution in [0.2, 0.25) is 0 Å². The lowest BCUT2D eigenvalue weighted by Crippen LogP contribution is -2.39. The summed E-state index contributed by atoms with van der Waals surface area (Å²) in [5, 5.41) is 3.76. The molecule has 12 heteroatoms. The van der Waals surface area contributed by atoms with Gasteiger partial charge in [0.05, 0.1) is 16.6 Å². The van der Waals surface area contributed by atoms with Crippen LogP contribution < -0.4 is 0 Å². The highest BCUT2D eigenvalue weighted by atomic mass is 32.2. The Kier molecular flexibility index (Phi) is 5.72. The third kappa shape index (κ3) is 3.91. The number of piperidine rings is 1. The maximum absolute atomic E-state index is 13.3. The van der Waals surface area contributed by atoms with E-state index in [-0.39, 0.29) is 41.4 Å². The van der Waals surface area contributed by atoms with Gasteiger partial charge in [-0.3, -0.25) is 0 Å². The van der Waals surface area contributed by atoms with E-state index in [9.17, 15) is 21.6 Å². The third-order valence-electron chi connectivity index (χ3n) is 6.62. The van der Waals surface area contributed by atoms with Crippen molar-refractivity contribution in [3.05, 3.63) is 41.0 Å². The summed E-state index contributed by atoms with van der Waals surface area (Å²) < 4.78 is 80.4. The monoisotopic (exact) mass is 498 g/mol. The highest BCUT2D eigenvalue weighted by Gasteiger charge is 2.37. The molecule has 34 heavy (non-hydrogen) atoms. The highest BCUT2D eigenvalue weighted by molar-refractivity contribution is 7.89. The van der Waals surface area contributed by atoms with E-state index >= 15 is 0 Å². The molecule has 2 aliphatic heterocycles. The van der Waals surface area contributed by atoms with Crippen LogP contribution in [0.1, 0.15) is 60.7 Å². The molecule has 3 aromatic rings. The number of halogens is 3. The van der Waals surface area contributed by atoms with Crippen LogP contribution in [0.25, 0.3) is 11.0 Å². The predicted molar refractivity (Wildman–Crippen MR) is 116 cm³/mol. The molecule has 0 N–H and O–H groups in total. The molecule has 1 aromatic carbocycles. The standard InChI is InChI=1S/C22H25F3N4O4S/c1-13-20(14(2)33-27-13)34(30,31)28-9-7-16(8-10-28)29-18-6-5-15(22(23,24)25)12-17(18)26-21(29)19-4-3-11-32-19/h5-6,12,16,19H,3-4,7-11H2,1-2H3/t19-/m1/s1. The van der Waals surface area contributed by atoms with Gasteiger partial charge in [0, 0.05) is 25.7 Å². The van der Waals surface area contributed by atoms with Crippen molar-refractivity contribution < 1.29 is 30.8 Å². The van der Waals surface area contributed by atoms with E-state index in [0.29, 0.717) is 36.5 Å². The summed E-state index contributed by atoms with van der Waals surface area (Å²) in [7, 11) is -3.76. The Morgan fingerprint density at radius 3 is 2.44 bits per heavy atom. The fourth-order valence-electron chi connectivity index (χ4n) is 5.00. The molecule has 0 saturated carbocycles. The molecule has 2 fully saturated rings. The molecule has 184 valence electrons. The number of rotatable bonds is 4. The first-order chi connectivity index (χ1) is 16.1. The molecule has 0 spiro atoms. The van der Waals surface area contributed by atoms with Crippen LogP contribution >= 0.6 is 0 Å². The zero-order chi connectivity index (χ0) is 24.3. The van der Waals surface area contributed by atoms with Gasteiger partial charge in [0.1, 0.15) is 22.5 Å². The van der Waals surface area contributed by atoms with Gasteiger partial charge in [-0.1, -0.05) is 5.16 Å². The first-order valence-electron chi connectivity index (χ1n) is 11.2. The van der Waals surface area contributed by atoms with E-state index in [1.807, 2.05) is 4.57 Å². The van der Waals surface area contributed by atoms with Gasteiger partial charge in [-0.25, -0.2) is 13.4 Å². The van der Waals surface area contributed by atoms with Gasteiger partial charge >= 0.3 is 6.18 Å². The average Bonchev–Trinajstić information content (AvgIpc) is 3.51. The Bertz CT molecular complexity index is 1300. The van der Waals surface area contributed by atoms with Crippen LogP contribution in [0.5, 0.6) is 0 Å². The smallest absolute Gasteiger partial charge is 0.370 e. The topological polar surface area (TPSA) is 90.5 Å². The molecular weight excluding hydrogens is 473 g/mol. The van der Waals surface area contributed by atoms with Crippen molar-refractivity contribution in [2.75, 3.05) is 19.7 Å². The first kappa shape index (κ1) is 23.3. The highest BCUT2D eigenvalue weighted by Crippen LogP contribution is 2.39. The van der Waals surface area contributed by atoms with Crippen molar-refractivity contribution in [3.8, 4) is 0 Å². The summed E-state index contributed by atoms with van der Waals surface area (Å²) in [6.07, 6.45) is -2.15. The van der Waals surface area contributed by atoms with Gasteiger partial charge in [-0.15, -0.1) is 0 Å². The molecule has 4 heterocycles. The molecule has 2 aliphatic rings. The number of imidazole rings is 1. The molecule has 5 rings (SSSR count). The normalized spacial score (nSPS) is 21.0. The maximum Gasteiger partial charge on any atom is 0.416 e. The summed E-state index contributed by atoms with van der Waals surface area (Å²) in [5.41, 5.74) is 0.446. The van der Waals surface area contributed by atoms with Crippen molar-refractivity contribution in [2.24, 2.45) is 0 Å². The number of benzene rings is 1. The van der Waals surface area contributed by atoms with Crippen LogP contribution in [0.4, 0.5) is 13.2 Å². The lowest BCUT2D eigenvalue weighted by atomic mass is 10.1. The Hall–Kier alpha value is -2.44. The maximum atomic E-state index is 13.3. The second kappa shape index (κ2) is 8.35. The zero-order valence-corrected chi connectivity index (χ0v) is 19.6. The van der Waals surface area contributed by atoms with Gasteiger partial charge < -0.3 is 13.8 Å². The number of sulfonamides is 1. The van der Waals surface area contributed by atoms with Crippen molar-refractivity contribution in [3.63, 3.8) is 0 Å². The van der Waals surface area contributed by atoms with Crippen molar-refractivity contribution in [1.82, 2.24) is 19.0 Å². The van der Waals surface area contributed by atoms with Crippen molar-refractivity contribution in [2.45, 2.75) is 62.7 Å². The summed E-state index contributed by atoms with van der Waals surface area (Å²) in [5.74, 6) is 0.861. The van der Waals surface area contributed by atoms with Gasteiger partial charge in [0.25, 0.3) is 0 Å². The van der Waals surface area contributed by atoms with Gasteiger partial charge in [-0.2, -0.15) is 17.5 Å². The number of hydrogen-bond acceptors (Lipinski definition) is 6. The van der Waals surface area contributed by atoms with Crippen LogP contribution in [0.3, 0.4) is 0 Å². The quantitative estimate of drug-likeness (QED) is 0.525. The van der Waals surface area contributed by atoms with Crippen LogP contribution in [0.15, 0.2) is 27.6 Å². The number of hydrogen-bond donors (Lipinski definition) is 0. The molecule has 2 aromatic heterocycles. The SMILES string of the molecule is Cc1noc(C)c1S(=O)(=O)N1CCC(n2c([C@H]3CCCO3)nc3cc(C(F)(F)F)ccc32)CC1. The van der Waals surface area contributed by atoms with E-state index in [1.165, 1.54) is 10.4 Å². The number of aromatic nitrogens is 3. The van der Waals surface area contributed by atoms with Crippen LogP contribution in [-0.2, 0) is 20.9 Å². The van der Waals surface area contributed by atoms with E-state index in [2.05, 4.69) is 10.1 Å². The second-order valence-electron chi connectivity index (χ2n) is 8.83. The molecule has 0 radical (unpaired) electrons. The lowest BCUT2D eigenvalue weighted by molar-refractivity contribution is -0.137. The largest absolute Gasteiger partial charge is 0.416 e. The second-order valence-corrected chi connectivity index (χ2v) is 10.7. The Morgan fingerprint density at radius 2 is 1.85 bits per heavy atom. The molecule has 1 atom stereocenters. The summed E-state index contributed by atoms with van der Waals surface area (Å²) in [6, 6.07) is 3.48. The predicted octanol–water partition coefficient (Wildman–Crippen LogP) is 4.54. The minimum absolute atomic E-state index is 0.0961. The van der Waals surface area contributed by atoms with E-state index in [0.717, 1.165) is 25.0 Å². The molecule has 0 unspecified atom stereocenters. The summed E-state index contributed by atoms with van der Waals surface area (Å²) in [6.45, 7) is 4.28. The Morgan fingerprint density at radius 1 is 1.12 bits per heavy atom. The molecule has 0 amide bonds. The number of nitrogens with zero attached hydrogens (tertiary/aromatic N) is 4. The van der Waals surface area contributed by atoms with E-state index in [1.54, 1.807) is 13.8 Å². The Balaban J connectivity index is 1.47. The number of ether oxygens (including phenoxy) is 1. The van der Waals surface area contributed by atoms with E-state index in [4.69, 9.17) is 9.26 Å². The third-order valence-corrected chi connectivity index (χ3v) is 8.76. The molecular formula is C22H25F3N4O4S. The molecule has 0 bridgehead atoms. The van der Waals surface area contributed by atoms with Crippen molar-refractivity contribution >= 4 is 21.1 Å². The minimum Gasteiger partial charge on any atom is -0.370 e. The number of fused-ring (bicyclic) bond motifs is 1. The van der Waals surface area contributed by atoms with Crippen LogP contribution in [0, 0.1) is 13.8 Å². The fraction of sp³-hybridized carbons (Fsp3) is 0.545. The van der Waals surface area contributed by atoms with Gasteiger partial charge in [0.15, 0.2) is 5.76 Å². The first-order valence-corrected chi connectivity index (χ1v) is 12.6. The van der Waals surface area contributed by atoms with Crippen molar-refractivity contribution in [1.29, 1.82) is 0 Å². The molecule has 0 aliphatic carbocycles. The average molecular weight is 499 g/mol. The van der Waals surface area contributed by atoms with Gasteiger partial charge in [-0.05, 0) is 57.7 Å². The zero-order valence-electron chi connectivity index (χ0n) is 18.8. The van der Waals surface area contributed by atoms with E-state index < -0.39 is 21.8 Å². The summed E-state index contributed by atoms with van der Waals surface area (Å²) in [4.78, 5) is 4.66. The molecule has 8 nitrogen and oxygen atoms in total. The Labute approximate surface area is 194 Å². The minimum atomic E-state index is -4.46. The lowest BCUT2D eigenvalue weighted by Gasteiger charge is -2.33. The number of aryl methyl sites for hydroxylation is 2. The number of alkyl halides is 3. The van der Waals surface area contributed by atoms with Crippen LogP contribution in [-0.4, -0.2) is 47.1 Å². The van der Waals surface area contributed by atoms with Gasteiger partial charge in [0.2, 0.25) is 10.0 Å².